The average molecular weight is 743 g/mol. The summed E-state index contributed by atoms with van der Waals surface area (Å²) in [7, 11) is 0. The Labute approximate surface area is 291 Å². The van der Waals surface area contributed by atoms with E-state index in [0.29, 0.717) is 0 Å². The second-order valence-electron chi connectivity index (χ2n) is 12.7. The third-order valence-electron chi connectivity index (χ3n) is 9.34. The molecule has 0 amide bonds. The number of ether oxygens (including phenoxy) is 1. The summed E-state index contributed by atoms with van der Waals surface area (Å²) in [5, 5.41) is 7.29. The minimum absolute atomic E-state index is 0.725. The van der Waals surface area contributed by atoms with E-state index >= 15 is 0 Å². The second-order valence-corrected chi connectivity index (χ2v) is 14.5. The van der Waals surface area contributed by atoms with Gasteiger partial charge in [0.25, 0.3) is 0 Å². The van der Waals surface area contributed by atoms with Gasteiger partial charge in [-0.15, -0.1) is 0 Å². The summed E-state index contributed by atoms with van der Waals surface area (Å²) >= 11 is 7.51. The molecule has 1 heterocycles. The Balaban J connectivity index is 1.52. The summed E-state index contributed by atoms with van der Waals surface area (Å²) in [4.78, 5) is 5.59. The lowest BCUT2D eigenvalue weighted by Gasteiger charge is -2.17. The van der Waals surface area contributed by atoms with Gasteiger partial charge in [-0.2, -0.15) is 0 Å². The standard InChI is InChI=1S/C41H46Br2N2O/c1-3-5-7-9-11-15-25-45-40-34-23-21-31(43)28-36(34)35-27-30(42)20-22-33(35)39(40)44-41(45)38-32-18-14-13-17-29(32)19-24-37(38)46-26-16-12-10-8-6-4-2/h13-14,17-24,27-28H,3-12,15-16,25-26H2,1-2H3. The molecule has 0 unspecified atom stereocenters. The van der Waals surface area contributed by atoms with Crippen LogP contribution in [0.4, 0.5) is 0 Å². The fourth-order valence-electron chi connectivity index (χ4n) is 6.93. The molecule has 0 aliphatic heterocycles. The van der Waals surface area contributed by atoms with Crippen LogP contribution in [0.3, 0.4) is 0 Å². The van der Waals surface area contributed by atoms with Crippen LogP contribution in [0.25, 0.3) is 54.7 Å². The Kier molecular flexibility index (Phi) is 11.3. The lowest BCUT2D eigenvalue weighted by Crippen LogP contribution is -2.05. The molecule has 0 saturated carbocycles. The van der Waals surface area contributed by atoms with Crippen LogP contribution in [0.15, 0.2) is 81.7 Å². The van der Waals surface area contributed by atoms with E-state index < -0.39 is 0 Å². The maximum absolute atomic E-state index is 6.67. The fourth-order valence-corrected chi connectivity index (χ4v) is 7.65. The number of halogens is 2. The summed E-state index contributed by atoms with van der Waals surface area (Å²) < 4.78 is 11.3. The number of aryl methyl sites for hydroxylation is 1. The van der Waals surface area contributed by atoms with E-state index in [0.717, 1.165) is 57.6 Å². The normalized spacial score (nSPS) is 11.8. The maximum Gasteiger partial charge on any atom is 0.145 e. The summed E-state index contributed by atoms with van der Waals surface area (Å²) in [6.07, 6.45) is 15.0. The van der Waals surface area contributed by atoms with Crippen molar-refractivity contribution < 1.29 is 4.74 Å². The van der Waals surface area contributed by atoms with Crippen molar-refractivity contribution in [1.82, 2.24) is 9.55 Å². The van der Waals surface area contributed by atoms with E-state index in [9.17, 15) is 0 Å². The summed E-state index contributed by atoms with van der Waals surface area (Å²) in [6, 6.07) is 26.4. The first kappa shape index (κ1) is 33.0. The van der Waals surface area contributed by atoms with Gasteiger partial charge in [0.05, 0.1) is 23.2 Å². The van der Waals surface area contributed by atoms with E-state index in [1.54, 1.807) is 0 Å². The van der Waals surface area contributed by atoms with Crippen LogP contribution in [0.1, 0.15) is 90.9 Å². The number of hydrogen-bond acceptors (Lipinski definition) is 2. The monoisotopic (exact) mass is 740 g/mol. The fraction of sp³-hybridized carbons (Fsp3) is 0.390. The lowest BCUT2D eigenvalue weighted by molar-refractivity contribution is 0.305. The highest BCUT2D eigenvalue weighted by Gasteiger charge is 2.23. The van der Waals surface area contributed by atoms with Crippen molar-refractivity contribution in [2.45, 2.75) is 97.4 Å². The van der Waals surface area contributed by atoms with Crippen LogP contribution in [0, 0.1) is 0 Å². The predicted octanol–water partition coefficient (Wildman–Crippen LogP) is 13.8. The van der Waals surface area contributed by atoms with Gasteiger partial charge in [0.15, 0.2) is 0 Å². The zero-order valence-electron chi connectivity index (χ0n) is 27.4. The first-order valence-electron chi connectivity index (χ1n) is 17.5. The number of imidazole rings is 1. The van der Waals surface area contributed by atoms with Crippen molar-refractivity contribution in [1.29, 1.82) is 0 Å². The Hall–Kier alpha value is -2.89. The Morgan fingerprint density at radius 3 is 1.98 bits per heavy atom. The molecule has 0 aliphatic rings. The number of aromatic nitrogens is 2. The number of benzene rings is 5. The van der Waals surface area contributed by atoms with Crippen LogP contribution in [0.5, 0.6) is 5.75 Å². The van der Waals surface area contributed by atoms with Crippen LogP contribution in [0.2, 0.25) is 0 Å². The zero-order chi connectivity index (χ0) is 31.9. The van der Waals surface area contributed by atoms with E-state index in [1.165, 1.54) is 102 Å². The molecule has 5 aromatic carbocycles. The molecule has 0 aliphatic carbocycles. The van der Waals surface area contributed by atoms with Crippen molar-refractivity contribution in [2.24, 2.45) is 0 Å². The van der Waals surface area contributed by atoms with E-state index in [2.05, 4.69) is 123 Å². The molecule has 0 N–H and O–H groups in total. The SMILES string of the molecule is CCCCCCCCOc1ccc2ccccc2c1-c1nc2c3ccc(Br)cc3c3cc(Br)ccc3c2n1CCCCCCCC. The molecule has 0 atom stereocenters. The molecule has 0 spiro atoms. The van der Waals surface area contributed by atoms with Gasteiger partial charge < -0.3 is 9.30 Å². The highest BCUT2D eigenvalue weighted by atomic mass is 79.9. The highest BCUT2D eigenvalue weighted by molar-refractivity contribution is 9.10. The Morgan fingerprint density at radius 2 is 1.24 bits per heavy atom. The summed E-state index contributed by atoms with van der Waals surface area (Å²) in [6.45, 7) is 6.20. The van der Waals surface area contributed by atoms with Crippen LogP contribution >= 0.6 is 31.9 Å². The van der Waals surface area contributed by atoms with Crippen LogP contribution < -0.4 is 4.74 Å². The number of fused-ring (bicyclic) bond motifs is 7. The van der Waals surface area contributed by atoms with Crippen molar-refractivity contribution in [3.63, 3.8) is 0 Å². The molecule has 0 radical (unpaired) electrons. The molecule has 0 saturated heterocycles. The van der Waals surface area contributed by atoms with Crippen molar-refractivity contribution >= 4 is 75.2 Å². The van der Waals surface area contributed by atoms with Gasteiger partial charge in [0, 0.05) is 26.3 Å². The van der Waals surface area contributed by atoms with E-state index in [-0.39, 0.29) is 0 Å². The van der Waals surface area contributed by atoms with Crippen LogP contribution in [-0.2, 0) is 6.54 Å². The van der Waals surface area contributed by atoms with Crippen LogP contribution in [-0.4, -0.2) is 16.2 Å². The van der Waals surface area contributed by atoms with E-state index in [4.69, 9.17) is 9.72 Å². The average Bonchev–Trinajstić information content (AvgIpc) is 3.44. The van der Waals surface area contributed by atoms with Gasteiger partial charge in [-0.05, 0) is 64.7 Å². The van der Waals surface area contributed by atoms with Gasteiger partial charge >= 0.3 is 0 Å². The molecule has 3 nitrogen and oxygen atoms in total. The highest BCUT2D eigenvalue weighted by Crippen LogP contribution is 2.43. The minimum atomic E-state index is 0.725. The lowest BCUT2D eigenvalue weighted by atomic mass is 10.00. The van der Waals surface area contributed by atoms with Crippen molar-refractivity contribution in [3.8, 4) is 17.1 Å². The zero-order valence-corrected chi connectivity index (χ0v) is 30.6. The minimum Gasteiger partial charge on any atom is -0.493 e. The molecule has 1 aromatic heterocycles. The van der Waals surface area contributed by atoms with Gasteiger partial charge in [0.1, 0.15) is 11.6 Å². The number of hydrogen-bond donors (Lipinski definition) is 0. The first-order valence-corrected chi connectivity index (χ1v) is 19.0. The molecular formula is C41H46Br2N2O. The van der Waals surface area contributed by atoms with Gasteiger partial charge in [-0.3, -0.25) is 0 Å². The van der Waals surface area contributed by atoms with Gasteiger partial charge in [0.2, 0.25) is 0 Å². The molecule has 240 valence electrons. The molecule has 5 heteroatoms. The Morgan fingerprint density at radius 1 is 0.609 bits per heavy atom. The number of rotatable bonds is 16. The summed E-state index contributed by atoms with van der Waals surface area (Å²) in [5.41, 5.74) is 3.39. The Bertz CT molecular complexity index is 1940. The largest absolute Gasteiger partial charge is 0.493 e. The molecule has 0 bridgehead atoms. The molecule has 6 aromatic rings. The van der Waals surface area contributed by atoms with E-state index in [1.807, 2.05) is 0 Å². The maximum atomic E-state index is 6.67. The van der Waals surface area contributed by atoms with Gasteiger partial charge in [-0.1, -0.05) is 152 Å². The quantitative estimate of drug-likeness (QED) is 0.0729. The second kappa shape index (κ2) is 15.8. The molecule has 46 heavy (non-hydrogen) atoms. The number of unbranched alkanes of at least 4 members (excludes halogenated alkanes) is 10. The molecule has 0 fully saturated rings. The first-order chi connectivity index (χ1) is 22.6. The predicted molar refractivity (Wildman–Crippen MR) is 205 cm³/mol. The van der Waals surface area contributed by atoms with Crippen molar-refractivity contribution in [3.05, 3.63) is 81.7 Å². The molecular weight excluding hydrogens is 696 g/mol. The number of nitrogens with zero attached hydrogens (tertiary/aromatic N) is 2. The smallest absolute Gasteiger partial charge is 0.145 e. The summed E-state index contributed by atoms with van der Waals surface area (Å²) in [5.74, 6) is 1.95. The topological polar surface area (TPSA) is 27.1 Å². The van der Waals surface area contributed by atoms with Crippen molar-refractivity contribution in [2.75, 3.05) is 6.61 Å². The third-order valence-corrected chi connectivity index (χ3v) is 10.3. The molecule has 6 rings (SSSR count). The van der Waals surface area contributed by atoms with Gasteiger partial charge in [-0.25, -0.2) is 4.98 Å². The third kappa shape index (κ3) is 7.16.